The highest BCUT2D eigenvalue weighted by Crippen LogP contribution is 2.39. The summed E-state index contributed by atoms with van der Waals surface area (Å²) in [4.78, 5) is 25.7. The van der Waals surface area contributed by atoms with E-state index in [4.69, 9.17) is 5.73 Å². The number of pyridine rings is 1. The second kappa shape index (κ2) is 5.56. The topological polar surface area (TPSA) is 88.6 Å². The highest BCUT2D eigenvalue weighted by atomic mass is 19.1. The first-order valence-corrected chi connectivity index (χ1v) is 8.56. The van der Waals surface area contributed by atoms with E-state index < -0.39 is 17.2 Å². The molecule has 2 aliphatic rings. The van der Waals surface area contributed by atoms with Crippen molar-refractivity contribution in [3.05, 3.63) is 39.9 Å². The molecule has 132 valence electrons. The molecule has 2 fully saturated rings. The van der Waals surface area contributed by atoms with Gasteiger partial charge in [-0.3, -0.25) is 4.79 Å². The van der Waals surface area contributed by atoms with Crippen LogP contribution < -0.4 is 16.1 Å². The second-order valence-electron chi connectivity index (χ2n) is 6.93. The van der Waals surface area contributed by atoms with Gasteiger partial charge in [-0.15, -0.1) is 0 Å². The normalized spacial score (nSPS) is 22.9. The van der Waals surface area contributed by atoms with Crippen LogP contribution in [-0.4, -0.2) is 34.3 Å². The van der Waals surface area contributed by atoms with Gasteiger partial charge in [-0.2, -0.15) is 0 Å². The van der Waals surface area contributed by atoms with Crippen molar-refractivity contribution < 1.29 is 14.3 Å². The Bertz CT molecular complexity index is 935. The van der Waals surface area contributed by atoms with E-state index in [1.807, 2.05) is 16.4 Å². The molecule has 0 spiro atoms. The number of carboxylic acid groups (broad SMARTS) is 1. The van der Waals surface area contributed by atoms with Crippen LogP contribution in [-0.2, 0) is 0 Å². The van der Waals surface area contributed by atoms with Gasteiger partial charge in [-0.05, 0) is 31.4 Å². The number of nitrogens with zero attached hydrogens (tertiary/aromatic N) is 2. The van der Waals surface area contributed by atoms with E-state index in [0.29, 0.717) is 17.7 Å². The molecule has 1 saturated heterocycles. The van der Waals surface area contributed by atoms with E-state index in [0.717, 1.165) is 19.3 Å². The highest BCUT2D eigenvalue weighted by molar-refractivity contribution is 5.93. The van der Waals surface area contributed by atoms with Crippen molar-refractivity contribution >= 4 is 22.6 Å². The third-order valence-electron chi connectivity index (χ3n) is 5.30. The Hall–Kier alpha value is -2.41. The Morgan fingerprint density at radius 2 is 2.12 bits per heavy atom. The van der Waals surface area contributed by atoms with Crippen LogP contribution in [0, 0.1) is 5.82 Å². The molecule has 0 radical (unpaired) electrons. The van der Waals surface area contributed by atoms with Gasteiger partial charge in [0.25, 0.3) is 0 Å². The van der Waals surface area contributed by atoms with Gasteiger partial charge in [0.15, 0.2) is 0 Å². The van der Waals surface area contributed by atoms with E-state index in [9.17, 15) is 19.1 Å². The number of carbonyl (C=O) groups is 1. The van der Waals surface area contributed by atoms with Gasteiger partial charge in [0.05, 0.1) is 11.2 Å². The van der Waals surface area contributed by atoms with Crippen molar-refractivity contribution in [2.75, 3.05) is 11.4 Å². The fraction of sp³-hybridized carbons (Fsp3) is 0.444. The smallest absolute Gasteiger partial charge is 0.341 e. The van der Waals surface area contributed by atoms with Crippen LogP contribution in [0.1, 0.15) is 42.6 Å². The fourth-order valence-electron chi connectivity index (χ4n) is 3.76. The van der Waals surface area contributed by atoms with Gasteiger partial charge in [0.2, 0.25) is 5.43 Å². The molecule has 1 aromatic heterocycles. The molecule has 1 aliphatic carbocycles. The van der Waals surface area contributed by atoms with Crippen LogP contribution in [0.3, 0.4) is 0 Å². The molecular weight excluding hydrogens is 325 g/mol. The van der Waals surface area contributed by atoms with Crippen molar-refractivity contribution in [2.24, 2.45) is 5.73 Å². The van der Waals surface area contributed by atoms with Gasteiger partial charge < -0.3 is 20.3 Å². The first-order chi connectivity index (χ1) is 11.9. The molecule has 1 aliphatic heterocycles. The number of halogens is 1. The summed E-state index contributed by atoms with van der Waals surface area (Å²) in [7, 11) is 0. The van der Waals surface area contributed by atoms with Crippen LogP contribution >= 0.6 is 0 Å². The van der Waals surface area contributed by atoms with Crippen LogP contribution in [0.15, 0.2) is 23.1 Å². The minimum atomic E-state index is -1.29. The highest BCUT2D eigenvalue weighted by Gasteiger charge is 2.37. The average Bonchev–Trinajstić information content (AvgIpc) is 3.38. The van der Waals surface area contributed by atoms with Crippen LogP contribution in [0.4, 0.5) is 10.1 Å². The van der Waals surface area contributed by atoms with E-state index in [2.05, 4.69) is 0 Å². The Morgan fingerprint density at radius 1 is 1.40 bits per heavy atom. The number of anilines is 1. The monoisotopic (exact) mass is 345 g/mol. The number of nitrogens with two attached hydrogens (primary N) is 1. The summed E-state index contributed by atoms with van der Waals surface area (Å²) < 4.78 is 16.5. The molecule has 1 saturated carbocycles. The number of aromatic nitrogens is 1. The van der Waals surface area contributed by atoms with Gasteiger partial charge in [0.1, 0.15) is 11.4 Å². The summed E-state index contributed by atoms with van der Waals surface area (Å²) in [6.07, 6.45) is 4.06. The SMILES string of the molecule is CC[C@@H]1[C@H](N)CN1c1cc2c(cc1F)c(=O)c(C(=O)O)cn2C1CC1. The summed E-state index contributed by atoms with van der Waals surface area (Å²) in [5.74, 6) is -1.80. The quantitative estimate of drug-likeness (QED) is 0.886. The fourth-order valence-corrected chi connectivity index (χ4v) is 3.76. The largest absolute Gasteiger partial charge is 0.477 e. The van der Waals surface area contributed by atoms with E-state index in [1.165, 1.54) is 12.3 Å². The van der Waals surface area contributed by atoms with Gasteiger partial charge >= 0.3 is 5.97 Å². The van der Waals surface area contributed by atoms with Crippen molar-refractivity contribution in [1.29, 1.82) is 0 Å². The molecule has 0 unspecified atom stereocenters. The number of hydrogen-bond donors (Lipinski definition) is 2. The van der Waals surface area contributed by atoms with Crippen LogP contribution in [0.2, 0.25) is 0 Å². The molecule has 4 rings (SSSR count). The lowest BCUT2D eigenvalue weighted by atomic mass is 9.93. The minimum absolute atomic E-state index is 0.0140. The molecule has 2 atom stereocenters. The predicted molar refractivity (Wildman–Crippen MR) is 92.8 cm³/mol. The van der Waals surface area contributed by atoms with Crippen molar-refractivity contribution in [3.63, 3.8) is 0 Å². The number of fused-ring (bicyclic) bond motifs is 1. The zero-order valence-electron chi connectivity index (χ0n) is 13.9. The zero-order valence-corrected chi connectivity index (χ0v) is 13.9. The summed E-state index contributed by atoms with van der Waals surface area (Å²) in [5, 5.41) is 9.39. The lowest BCUT2D eigenvalue weighted by molar-refractivity contribution is 0.0695. The predicted octanol–water partition coefficient (Wildman–Crippen LogP) is 2.10. The summed E-state index contributed by atoms with van der Waals surface area (Å²) >= 11 is 0. The van der Waals surface area contributed by atoms with Crippen molar-refractivity contribution in [1.82, 2.24) is 4.57 Å². The molecule has 25 heavy (non-hydrogen) atoms. The molecule has 0 amide bonds. The van der Waals surface area contributed by atoms with E-state index in [-0.39, 0.29) is 29.1 Å². The third kappa shape index (κ3) is 2.41. The molecular formula is C18H20FN3O3. The Kier molecular flexibility index (Phi) is 3.57. The van der Waals surface area contributed by atoms with Crippen LogP contribution in [0.25, 0.3) is 10.9 Å². The van der Waals surface area contributed by atoms with Crippen molar-refractivity contribution in [3.8, 4) is 0 Å². The Labute approximate surface area is 143 Å². The van der Waals surface area contributed by atoms with Gasteiger partial charge in [0, 0.05) is 36.3 Å². The minimum Gasteiger partial charge on any atom is -0.477 e. The molecule has 2 aromatic rings. The number of hydrogen-bond acceptors (Lipinski definition) is 4. The zero-order chi connectivity index (χ0) is 17.9. The number of benzene rings is 1. The number of rotatable bonds is 4. The Balaban J connectivity index is 1.93. The maximum Gasteiger partial charge on any atom is 0.341 e. The lowest BCUT2D eigenvalue weighted by Gasteiger charge is -2.48. The molecule has 6 nitrogen and oxygen atoms in total. The summed E-state index contributed by atoms with van der Waals surface area (Å²) in [5.41, 5.74) is 6.06. The molecule has 1 aromatic carbocycles. The van der Waals surface area contributed by atoms with Gasteiger partial charge in [-0.1, -0.05) is 6.92 Å². The third-order valence-corrected chi connectivity index (χ3v) is 5.30. The van der Waals surface area contributed by atoms with Gasteiger partial charge in [-0.25, -0.2) is 9.18 Å². The van der Waals surface area contributed by atoms with E-state index >= 15 is 0 Å². The molecule has 2 heterocycles. The standard InChI is InChI=1S/C18H20FN3O3/c1-2-14-13(20)8-22(14)16-6-15-10(5-12(16)19)17(23)11(18(24)25)7-21(15)9-3-4-9/h5-7,9,13-14H,2-4,8,20H2,1H3,(H,24,25)/t13-,14-/m1/s1. The lowest BCUT2D eigenvalue weighted by Crippen LogP contribution is -2.64. The maximum atomic E-state index is 14.7. The summed E-state index contributed by atoms with van der Waals surface area (Å²) in [6.45, 7) is 2.58. The first-order valence-electron chi connectivity index (χ1n) is 8.56. The molecule has 3 N–H and O–H groups in total. The summed E-state index contributed by atoms with van der Waals surface area (Å²) in [6, 6.07) is 3.10. The van der Waals surface area contributed by atoms with Crippen molar-refractivity contribution in [2.45, 2.75) is 44.3 Å². The number of aromatic carboxylic acids is 1. The maximum absolute atomic E-state index is 14.7. The van der Waals surface area contributed by atoms with E-state index in [1.54, 1.807) is 6.07 Å². The number of carboxylic acids is 1. The Morgan fingerprint density at radius 3 is 2.68 bits per heavy atom. The van der Waals surface area contributed by atoms with Crippen LogP contribution in [0.5, 0.6) is 0 Å². The molecule has 0 bridgehead atoms. The first kappa shape index (κ1) is 16.1. The second-order valence-corrected chi connectivity index (χ2v) is 6.93. The molecule has 7 heteroatoms. The average molecular weight is 345 g/mol.